The average Bonchev–Trinajstić information content (AvgIpc) is 2.13. The van der Waals surface area contributed by atoms with Crippen molar-refractivity contribution in [3.63, 3.8) is 0 Å². The maximum Gasteiger partial charge on any atom is 0.291 e. The lowest BCUT2D eigenvalue weighted by Crippen LogP contribution is -2.47. The number of hydrogen-bond donors (Lipinski definition) is 0. The number of nitriles is 1. The zero-order valence-electron chi connectivity index (χ0n) is 8.49. The summed E-state index contributed by atoms with van der Waals surface area (Å²) >= 11 is 0. The number of carbonyl (C=O) groups is 2. The van der Waals surface area contributed by atoms with Crippen molar-refractivity contribution < 1.29 is 9.59 Å². The molecule has 0 aliphatic carbocycles. The fourth-order valence-electron chi connectivity index (χ4n) is 1.56. The summed E-state index contributed by atoms with van der Waals surface area (Å²) in [6.07, 6.45) is 0.480. The van der Waals surface area contributed by atoms with Gasteiger partial charge in [-0.3, -0.25) is 9.59 Å². The van der Waals surface area contributed by atoms with Gasteiger partial charge in [-0.2, -0.15) is 5.26 Å². The minimum Gasteiger partial charge on any atom is -0.336 e. The van der Waals surface area contributed by atoms with Crippen LogP contribution in [0.4, 0.5) is 0 Å². The molecule has 0 aromatic heterocycles. The van der Waals surface area contributed by atoms with E-state index >= 15 is 0 Å². The Hall–Kier alpha value is -1.37. The number of rotatable bonds is 2. The Kier molecular flexibility index (Phi) is 3.23. The van der Waals surface area contributed by atoms with Crippen molar-refractivity contribution in [2.24, 2.45) is 11.8 Å². The first-order valence-electron chi connectivity index (χ1n) is 4.79. The first-order valence-corrected chi connectivity index (χ1v) is 4.79. The highest BCUT2D eigenvalue weighted by Gasteiger charge is 2.34. The maximum atomic E-state index is 11.5. The molecular weight excluding hydrogens is 180 g/mol. The minimum absolute atomic E-state index is 0.352. The van der Waals surface area contributed by atoms with E-state index in [1.165, 1.54) is 0 Å². The molecule has 1 fully saturated rings. The van der Waals surface area contributed by atoms with Crippen LogP contribution in [0.3, 0.4) is 0 Å². The minimum atomic E-state index is -0.717. The van der Waals surface area contributed by atoms with Crippen molar-refractivity contribution in [1.82, 2.24) is 4.90 Å². The molecule has 1 amide bonds. The quantitative estimate of drug-likeness (QED) is 0.604. The number of likely N-dealkylation sites (tertiary alicyclic amines) is 1. The average molecular weight is 194 g/mol. The zero-order valence-corrected chi connectivity index (χ0v) is 8.49. The third-order valence-corrected chi connectivity index (χ3v) is 2.24. The van der Waals surface area contributed by atoms with Crippen molar-refractivity contribution >= 4 is 11.7 Å². The fraction of sp³-hybridized carbons (Fsp3) is 0.700. The summed E-state index contributed by atoms with van der Waals surface area (Å²) in [6, 6.07) is 1.86. The van der Waals surface area contributed by atoms with Gasteiger partial charge in [0.2, 0.25) is 5.78 Å². The Balaban J connectivity index is 2.66. The van der Waals surface area contributed by atoms with Crippen LogP contribution in [0.25, 0.3) is 0 Å². The lowest BCUT2D eigenvalue weighted by molar-refractivity contribution is -0.149. The number of ketones is 1. The molecule has 0 spiro atoms. The Morgan fingerprint density at radius 1 is 1.57 bits per heavy atom. The van der Waals surface area contributed by atoms with Gasteiger partial charge in [0, 0.05) is 13.1 Å². The lowest BCUT2D eigenvalue weighted by atomic mass is 9.96. The predicted octanol–water partition coefficient (Wildman–Crippen LogP) is 0.584. The summed E-state index contributed by atoms with van der Waals surface area (Å²) in [6.45, 7) is 5.12. The fourth-order valence-corrected chi connectivity index (χ4v) is 1.56. The SMILES string of the molecule is CC(C)CN1CC[C@H](C#N)C(=O)C1=O. The van der Waals surface area contributed by atoms with E-state index in [9.17, 15) is 9.59 Å². The van der Waals surface area contributed by atoms with E-state index < -0.39 is 17.6 Å². The van der Waals surface area contributed by atoms with E-state index in [0.29, 0.717) is 25.4 Å². The van der Waals surface area contributed by atoms with Gasteiger partial charge < -0.3 is 4.90 Å². The summed E-state index contributed by atoms with van der Waals surface area (Å²) in [4.78, 5) is 24.3. The van der Waals surface area contributed by atoms with Gasteiger partial charge in [-0.1, -0.05) is 13.8 Å². The summed E-state index contributed by atoms with van der Waals surface area (Å²) < 4.78 is 0. The van der Waals surface area contributed by atoms with Crippen LogP contribution >= 0.6 is 0 Å². The van der Waals surface area contributed by atoms with E-state index in [-0.39, 0.29) is 0 Å². The van der Waals surface area contributed by atoms with E-state index in [4.69, 9.17) is 5.26 Å². The van der Waals surface area contributed by atoms with Gasteiger partial charge in [0.25, 0.3) is 5.91 Å². The molecule has 14 heavy (non-hydrogen) atoms. The third-order valence-electron chi connectivity index (χ3n) is 2.24. The standard InChI is InChI=1S/C10H14N2O2/c1-7(2)6-12-4-3-8(5-11)9(13)10(12)14/h7-8H,3-4,6H2,1-2H3/t8-/m1/s1. The third kappa shape index (κ3) is 2.11. The summed E-state index contributed by atoms with van der Waals surface area (Å²) in [5, 5.41) is 8.61. The molecule has 0 N–H and O–H groups in total. The van der Waals surface area contributed by atoms with Gasteiger partial charge in [0.05, 0.1) is 6.07 Å². The van der Waals surface area contributed by atoms with Crippen LogP contribution in [-0.2, 0) is 9.59 Å². The van der Waals surface area contributed by atoms with Crippen LogP contribution in [0.5, 0.6) is 0 Å². The van der Waals surface area contributed by atoms with E-state index in [2.05, 4.69) is 0 Å². The maximum absolute atomic E-state index is 11.5. The van der Waals surface area contributed by atoms with Gasteiger partial charge >= 0.3 is 0 Å². The molecule has 0 aromatic rings. The summed E-state index contributed by atoms with van der Waals surface area (Å²) in [7, 11) is 0. The molecule has 0 radical (unpaired) electrons. The van der Waals surface area contributed by atoms with E-state index in [0.717, 1.165) is 0 Å². The van der Waals surface area contributed by atoms with Crippen LogP contribution < -0.4 is 0 Å². The molecule has 0 bridgehead atoms. The monoisotopic (exact) mass is 194 g/mol. The second kappa shape index (κ2) is 4.23. The number of Topliss-reactive ketones (excluding diaryl/α,β-unsaturated/α-hetero) is 1. The van der Waals surface area contributed by atoms with Crippen molar-refractivity contribution in [2.45, 2.75) is 20.3 Å². The highest BCUT2D eigenvalue weighted by Crippen LogP contribution is 2.15. The molecule has 1 aliphatic heterocycles. The highest BCUT2D eigenvalue weighted by atomic mass is 16.2. The molecule has 1 atom stereocenters. The second-order valence-electron chi connectivity index (χ2n) is 3.98. The Morgan fingerprint density at radius 3 is 2.71 bits per heavy atom. The van der Waals surface area contributed by atoms with Crippen LogP contribution in [-0.4, -0.2) is 29.7 Å². The van der Waals surface area contributed by atoms with Crippen LogP contribution in [0, 0.1) is 23.2 Å². The molecule has 76 valence electrons. The molecular formula is C10H14N2O2. The van der Waals surface area contributed by atoms with E-state index in [1.54, 1.807) is 4.90 Å². The number of nitrogens with zero attached hydrogens (tertiary/aromatic N) is 2. The smallest absolute Gasteiger partial charge is 0.291 e. The zero-order chi connectivity index (χ0) is 10.7. The molecule has 0 aromatic carbocycles. The molecule has 1 saturated heterocycles. The van der Waals surface area contributed by atoms with Gasteiger partial charge in [0.1, 0.15) is 5.92 Å². The van der Waals surface area contributed by atoms with Crippen molar-refractivity contribution in [2.75, 3.05) is 13.1 Å². The Bertz CT molecular complexity index is 291. The van der Waals surface area contributed by atoms with E-state index in [1.807, 2.05) is 19.9 Å². The first kappa shape index (κ1) is 10.7. The van der Waals surface area contributed by atoms with Crippen LogP contribution in [0.1, 0.15) is 20.3 Å². The molecule has 0 unspecified atom stereocenters. The molecule has 4 heteroatoms. The number of hydrogen-bond acceptors (Lipinski definition) is 3. The lowest BCUT2D eigenvalue weighted by Gasteiger charge is -2.29. The molecule has 0 saturated carbocycles. The summed E-state index contributed by atoms with van der Waals surface area (Å²) in [5.41, 5.74) is 0. The van der Waals surface area contributed by atoms with Gasteiger partial charge in [-0.25, -0.2) is 0 Å². The Labute approximate surface area is 83.5 Å². The predicted molar refractivity (Wildman–Crippen MR) is 50.1 cm³/mol. The molecule has 1 aliphatic rings. The summed E-state index contributed by atoms with van der Waals surface area (Å²) in [5.74, 6) is -1.40. The van der Waals surface area contributed by atoms with Crippen molar-refractivity contribution in [3.05, 3.63) is 0 Å². The molecule has 1 rings (SSSR count). The van der Waals surface area contributed by atoms with Gasteiger partial charge in [-0.05, 0) is 12.3 Å². The first-order chi connectivity index (χ1) is 6.56. The van der Waals surface area contributed by atoms with Gasteiger partial charge in [-0.15, -0.1) is 0 Å². The van der Waals surface area contributed by atoms with Crippen molar-refractivity contribution in [3.8, 4) is 6.07 Å². The number of amides is 1. The second-order valence-corrected chi connectivity index (χ2v) is 3.98. The van der Waals surface area contributed by atoms with Gasteiger partial charge in [0.15, 0.2) is 0 Å². The van der Waals surface area contributed by atoms with Crippen molar-refractivity contribution in [1.29, 1.82) is 5.26 Å². The number of piperidine rings is 1. The normalized spacial score (nSPS) is 22.7. The largest absolute Gasteiger partial charge is 0.336 e. The Morgan fingerprint density at radius 2 is 2.21 bits per heavy atom. The molecule has 1 heterocycles. The molecule has 4 nitrogen and oxygen atoms in total. The highest BCUT2D eigenvalue weighted by molar-refractivity contribution is 6.38. The van der Waals surface area contributed by atoms with Crippen LogP contribution in [0.2, 0.25) is 0 Å². The number of carbonyl (C=O) groups excluding carboxylic acids is 2. The van der Waals surface area contributed by atoms with Crippen LogP contribution in [0.15, 0.2) is 0 Å². The topological polar surface area (TPSA) is 61.2 Å².